The van der Waals surface area contributed by atoms with E-state index >= 15 is 0 Å². The topological polar surface area (TPSA) is 87.1 Å². The van der Waals surface area contributed by atoms with Gasteiger partial charge in [0.15, 0.2) is 0 Å². The lowest BCUT2D eigenvalue weighted by Crippen LogP contribution is -2.51. The van der Waals surface area contributed by atoms with Crippen molar-refractivity contribution < 1.29 is 24.5 Å². The first-order valence-corrected chi connectivity index (χ1v) is 6.86. The van der Waals surface area contributed by atoms with Gasteiger partial charge in [-0.1, -0.05) is 6.92 Å². The molecule has 1 heterocycles. The molecule has 2 N–H and O–H groups in total. The molecule has 1 aliphatic heterocycles. The van der Waals surface area contributed by atoms with E-state index in [1.54, 1.807) is 6.07 Å². The van der Waals surface area contributed by atoms with E-state index in [1.165, 1.54) is 24.1 Å². The summed E-state index contributed by atoms with van der Waals surface area (Å²) in [6.07, 6.45) is 1.52. The quantitative estimate of drug-likeness (QED) is 0.886. The van der Waals surface area contributed by atoms with Crippen LogP contribution in [0.2, 0.25) is 0 Å². The van der Waals surface area contributed by atoms with Crippen LogP contribution in [-0.4, -0.2) is 46.7 Å². The first-order chi connectivity index (χ1) is 9.95. The molecule has 0 radical (unpaired) electrons. The zero-order valence-electron chi connectivity index (χ0n) is 12.1. The molecule has 0 spiro atoms. The molecule has 1 aromatic rings. The van der Waals surface area contributed by atoms with Gasteiger partial charge in [-0.15, -0.1) is 0 Å². The average molecular weight is 293 g/mol. The SMILES string of the molecule is COc1ccc(O)c(C(=O)N2CCCC(C)C2C(=O)O)c1. The summed E-state index contributed by atoms with van der Waals surface area (Å²) in [5, 5.41) is 19.2. The first kappa shape index (κ1) is 15.2. The number of methoxy groups -OCH3 is 1. The van der Waals surface area contributed by atoms with Crippen molar-refractivity contribution in [3.05, 3.63) is 23.8 Å². The number of carbonyl (C=O) groups is 2. The van der Waals surface area contributed by atoms with E-state index in [0.29, 0.717) is 12.3 Å². The van der Waals surface area contributed by atoms with Gasteiger partial charge in [0.05, 0.1) is 12.7 Å². The van der Waals surface area contributed by atoms with Gasteiger partial charge in [0.1, 0.15) is 17.5 Å². The lowest BCUT2D eigenvalue weighted by molar-refractivity contribution is -0.145. The molecule has 2 unspecified atom stereocenters. The van der Waals surface area contributed by atoms with Gasteiger partial charge in [-0.3, -0.25) is 4.79 Å². The second-order valence-electron chi connectivity index (χ2n) is 5.28. The molecule has 2 rings (SSSR count). The monoisotopic (exact) mass is 293 g/mol. The van der Waals surface area contributed by atoms with Crippen LogP contribution in [0.4, 0.5) is 0 Å². The second kappa shape index (κ2) is 6.03. The van der Waals surface area contributed by atoms with Crippen molar-refractivity contribution in [3.8, 4) is 11.5 Å². The number of likely N-dealkylation sites (tertiary alicyclic amines) is 1. The van der Waals surface area contributed by atoms with Crippen LogP contribution in [0.5, 0.6) is 11.5 Å². The number of aliphatic carboxylic acids is 1. The highest BCUT2D eigenvalue weighted by Crippen LogP contribution is 2.29. The lowest BCUT2D eigenvalue weighted by atomic mass is 9.90. The van der Waals surface area contributed by atoms with Gasteiger partial charge < -0.3 is 19.8 Å². The molecule has 1 aliphatic rings. The number of carboxylic acid groups (broad SMARTS) is 1. The minimum Gasteiger partial charge on any atom is -0.507 e. The van der Waals surface area contributed by atoms with E-state index in [-0.39, 0.29) is 17.2 Å². The van der Waals surface area contributed by atoms with Gasteiger partial charge in [0, 0.05) is 6.54 Å². The summed E-state index contributed by atoms with van der Waals surface area (Å²) in [5.41, 5.74) is 0.0645. The first-order valence-electron chi connectivity index (χ1n) is 6.86. The third-order valence-electron chi connectivity index (χ3n) is 3.88. The van der Waals surface area contributed by atoms with Crippen molar-refractivity contribution in [2.45, 2.75) is 25.8 Å². The average Bonchev–Trinajstić information content (AvgIpc) is 2.46. The van der Waals surface area contributed by atoms with Crippen molar-refractivity contribution in [3.63, 3.8) is 0 Å². The minimum atomic E-state index is -1.02. The summed E-state index contributed by atoms with van der Waals surface area (Å²) < 4.78 is 5.04. The highest BCUT2D eigenvalue weighted by Gasteiger charge is 2.38. The van der Waals surface area contributed by atoms with Crippen LogP contribution in [0.3, 0.4) is 0 Å². The van der Waals surface area contributed by atoms with E-state index in [2.05, 4.69) is 0 Å². The zero-order valence-corrected chi connectivity index (χ0v) is 12.1. The van der Waals surface area contributed by atoms with Crippen LogP contribution < -0.4 is 4.74 Å². The Morgan fingerprint density at radius 3 is 2.71 bits per heavy atom. The van der Waals surface area contributed by atoms with Crippen LogP contribution in [-0.2, 0) is 4.79 Å². The van der Waals surface area contributed by atoms with Gasteiger partial charge in [-0.25, -0.2) is 4.79 Å². The number of carboxylic acids is 1. The van der Waals surface area contributed by atoms with Gasteiger partial charge >= 0.3 is 5.97 Å². The molecule has 0 aromatic heterocycles. The number of benzene rings is 1. The molecule has 6 heteroatoms. The van der Waals surface area contributed by atoms with Gasteiger partial charge in [0.2, 0.25) is 0 Å². The molecule has 6 nitrogen and oxygen atoms in total. The normalized spacial score (nSPS) is 21.9. The third kappa shape index (κ3) is 2.94. The molecule has 21 heavy (non-hydrogen) atoms. The minimum absolute atomic E-state index is 0.0645. The van der Waals surface area contributed by atoms with Crippen molar-refractivity contribution in [1.29, 1.82) is 0 Å². The maximum atomic E-state index is 12.6. The highest BCUT2D eigenvalue weighted by atomic mass is 16.5. The number of phenols is 1. The Morgan fingerprint density at radius 2 is 2.10 bits per heavy atom. The summed E-state index contributed by atoms with van der Waals surface area (Å²) in [4.78, 5) is 25.4. The molecule has 0 saturated carbocycles. The van der Waals surface area contributed by atoms with E-state index < -0.39 is 17.9 Å². The predicted octanol–water partition coefficient (Wildman–Crippen LogP) is 1.73. The van der Waals surface area contributed by atoms with E-state index in [0.717, 1.165) is 12.8 Å². The fourth-order valence-electron chi connectivity index (χ4n) is 2.76. The Morgan fingerprint density at radius 1 is 1.38 bits per heavy atom. The Balaban J connectivity index is 2.35. The van der Waals surface area contributed by atoms with E-state index in [1.807, 2.05) is 6.92 Å². The van der Waals surface area contributed by atoms with Gasteiger partial charge in [0.25, 0.3) is 5.91 Å². The predicted molar refractivity (Wildman–Crippen MR) is 75.5 cm³/mol. The number of aromatic hydroxyl groups is 1. The number of hydrogen-bond acceptors (Lipinski definition) is 4. The molecule has 1 saturated heterocycles. The maximum absolute atomic E-state index is 12.6. The number of piperidine rings is 1. The standard InChI is InChI=1S/C15H19NO5/c1-9-4-3-7-16(13(9)15(19)20)14(18)11-8-10(21-2)5-6-12(11)17/h5-6,8-9,13,17H,3-4,7H2,1-2H3,(H,19,20). The molecule has 1 amide bonds. The summed E-state index contributed by atoms with van der Waals surface area (Å²) in [7, 11) is 1.46. The summed E-state index contributed by atoms with van der Waals surface area (Å²) in [6, 6.07) is 3.47. The highest BCUT2D eigenvalue weighted by molar-refractivity contribution is 5.99. The fourth-order valence-corrected chi connectivity index (χ4v) is 2.76. The summed E-state index contributed by atoms with van der Waals surface area (Å²) >= 11 is 0. The number of nitrogens with zero attached hydrogens (tertiary/aromatic N) is 1. The van der Waals surface area contributed by atoms with Crippen molar-refractivity contribution in [2.24, 2.45) is 5.92 Å². The van der Waals surface area contributed by atoms with Crippen molar-refractivity contribution in [1.82, 2.24) is 4.90 Å². The zero-order chi connectivity index (χ0) is 15.6. The van der Waals surface area contributed by atoms with E-state index in [9.17, 15) is 19.8 Å². The Hall–Kier alpha value is -2.24. The van der Waals surface area contributed by atoms with Gasteiger partial charge in [-0.2, -0.15) is 0 Å². The maximum Gasteiger partial charge on any atom is 0.326 e. The van der Waals surface area contributed by atoms with Gasteiger partial charge in [-0.05, 0) is 37.0 Å². The summed E-state index contributed by atoms with van der Waals surface area (Å²) in [5.74, 6) is -1.35. The van der Waals surface area contributed by atoms with Crippen LogP contribution in [0, 0.1) is 5.92 Å². The van der Waals surface area contributed by atoms with Crippen molar-refractivity contribution in [2.75, 3.05) is 13.7 Å². The number of rotatable bonds is 3. The Labute approximate surface area is 122 Å². The number of carbonyl (C=O) groups excluding carboxylic acids is 1. The Kier molecular flexibility index (Phi) is 4.35. The van der Waals surface area contributed by atoms with Crippen LogP contribution in [0.15, 0.2) is 18.2 Å². The molecule has 1 aromatic carbocycles. The molecule has 0 aliphatic carbocycles. The molecule has 1 fully saturated rings. The number of amides is 1. The smallest absolute Gasteiger partial charge is 0.326 e. The lowest BCUT2D eigenvalue weighted by Gasteiger charge is -2.37. The van der Waals surface area contributed by atoms with Crippen LogP contribution >= 0.6 is 0 Å². The molecular formula is C15H19NO5. The molecule has 2 atom stereocenters. The third-order valence-corrected chi connectivity index (χ3v) is 3.88. The second-order valence-corrected chi connectivity index (χ2v) is 5.28. The largest absolute Gasteiger partial charge is 0.507 e. The van der Waals surface area contributed by atoms with Crippen LogP contribution in [0.25, 0.3) is 0 Å². The van der Waals surface area contributed by atoms with Crippen molar-refractivity contribution >= 4 is 11.9 Å². The fraction of sp³-hybridized carbons (Fsp3) is 0.467. The molecular weight excluding hydrogens is 274 g/mol. The van der Waals surface area contributed by atoms with Crippen LogP contribution in [0.1, 0.15) is 30.1 Å². The Bertz CT molecular complexity index is 557. The van der Waals surface area contributed by atoms with E-state index in [4.69, 9.17) is 4.74 Å². The number of phenolic OH excluding ortho intramolecular Hbond substituents is 1. The summed E-state index contributed by atoms with van der Waals surface area (Å²) in [6.45, 7) is 2.19. The number of ether oxygens (including phenoxy) is 1. The number of hydrogen-bond donors (Lipinski definition) is 2. The molecule has 114 valence electrons. The molecule has 0 bridgehead atoms.